The van der Waals surface area contributed by atoms with Crippen molar-refractivity contribution in [3.63, 3.8) is 0 Å². The highest BCUT2D eigenvalue weighted by Crippen LogP contribution is 2.22. The summed E-state index contributed by atoms with van der Waals surface area (Å²) in [5.41, 5.74) is 1.88. The van der Waals surface area contributed by atoms with Crippen molar-refractivity contribution in [2.24, 2.45) is 0 Å². The van der Waals surface area contributed by atoms with Gasteiger partial charge in [-0.05, 0) is 55.7 Å². The lowest BCUT2D eigenvalue weighted by atomic mass is 10.1. The first-order valence-electron chi connectivity index (χ1n) is 9.62. The molecule has 5 nitrogen and oxygen atoms in total. The van der Waals surface area contributed by atoms with Crippen LogP contribution in [0.1, 0.15) is 41.6 Å². The first-order valence-corrected chi connectivity index (χ1v) is 9.99. The maximum Gasteiger partial charge on any atom is 0.262 e. The number of halogens is 1. The van der Waals surface area contributed by atoms with Crippen molar-refractivity contribution in [2.45, 2.75) is 32.6 Å². The molecule has 1 heterocycles. The van der Waals surface area contributed by atoms with Crippen LogP contribution in [-0.4, -0.2) is 36.4 Å². The number of hydrogen-bond donors (Lipinski definition) is 1. The van der Waals surface area contributed by atoms with Crippen LogP contribution in [0.5, 0.6) is 5.75 Å². The van der Waals surface area contributed by atoms with E-state index in [2.05, 4.69) is 5.32 Å². The van der Waals surface area contributed by atoms with Crippen molar-refractivity contribution in [2.75, 3.05) is 25.0 Å². The van der Waals surface area contributed by atoms with E-state index in [0.29, 0.717) is 22.0 Å². The van der Waals surface area contributed by atoms with Crippen LogP contribution < -0.4 is 10.1 Å². The fourth-order valence-corrected chi connectivity index (χ4v) is 3.55. The van der Waals surface area contributed by atoms with E-state index in [0.717, 1.165) is 44.3 Å². The molecule has 0 aromatic heterocycles. The molecule has 1 N–H and O–H groups in total. The molecule has 6 heteroatoms. The monoisotopic (exact) mass is 400 g/mol. The van der Waals surface area contributed by atoms with Gasteiger partial charge in [-0.2, -0.15) is 0 Å². The van der Waals surface area contributed by atoms with E-state index in [1.54, 1.807) is 36.4 Å². The second-order valence-corrected chi connectivity index (χ2v) is 7.44. The fraction of sp³-hybridized carbons (Fsp3) is 0.364. The Morgan fingerprint density at radius 3 is 2.50 bits per heavy atom. The molecule has 2 aromatic rings. The third kappa shape index (κ3) is 5.26. The van der Waals surface area contributed by atoms with Crippen molar-refractivity contribution >= 4 is 29.1 Å². The normalized spacial score (nSPS) is 14.3. The van der Waals surface area contributed by atoms with Gasteiger partial charge in [0.05, 0.1) is 11.3 Å². The van der Waals surface area contributed by atoms with Crippen LogP contribution in [0.4, 0.5) is 5.69 Å². The summed E-state index contributed by atoms with van der Waals surface area (Å²) in [5, 5.41) is 3.43. The molecule has 28 heavy (non-hydrogen) atoms. The van der Waals surface area contributed by atoms with Gasteiger partial charge in [0.2, 0.25) is 0 Å². The first kappa shape index (κ1) is 20.2. The van der Waals surface area contributed by atoms with Gasteiger partial charge in [0.1, 0.15) is 5.75 Å². The molecule has 1 saturated heterocycles. The number of hydrogen-bond acceptors (Lipinski definition) is 3. The van der Waals surface area contributed by atoms with Gasteiger partial charge in [-0.1, -0.05) is 36.6 Å². The third-order valence-corrected chi connectivity index (χ3v) is 5.06. The van der Waals surface area contributed by atoms with E-state index in [9.17, 15) is 9.59 Å². The number of nitrogens with zero attached hydrogens (tertiary/aromatic N) is 1. The smallest absolute Gasteiger partial charge is 0.262 e. The van der Waals surface area contributed by atoms with Crippen LogP contribution >= 0.6 is 11.6 Å². The second-order valence-electron chi connectivity index (χ2n) is 7.00. The van der Waals surface area contributed by atoms with Gasteiger partial charge in [0, 0.05) is 18.1 Å². The number of para-hydroxylation sites is 1. The van der Waals surface area contributed by atoms with Crippen molar-refractivity contribution < 1.29 is 14.3 Å². The van der Waals surface area contributed by atoms with Crippen molar-refractivity contribution in [3.8, 4) is 5.75 Å². The topological polar surface area (TPSA) is 58.6 Å². The summed E-state index contributed by atoms with van der Waals surface area (Å²) in [5.74, 6) is 0.256. The van der Waals surface area contributed by atoms with Gasteiger partial charge < -0.3 is 15.0 Å². The molecule has 0 unspecified atom stereocenters. The highest BCUT2D eigenvalue weighted by atomic mass is 35.5. The predicted molar refractivity (Wildman–Crippen MR) is 111 cm³/mol. The summed E-state index contributed by atoms with van der Waals surface area (Å²) in [6.07, 6.45) is 4.36. The van der Waals surface area contributed by atoms with E-state index < -0.39 is 0 Å². The van der Waals surface area contributed by atoms with Crippen molar-refractivity contribution in [1.29, 1.82) is 0 Å². The summed E-state index contributed by atoms with van der Waals surface area (Å²) in [6.45, 7) is 3.25. The number of nitrogens with one attached hydrogen (secondary N) is 1. The molecule has 0 atom stereocenters. The number of carbonyl (C=O) groups is 2. The molecule has 0 radical (unpaired) electrons. The summed E-state index contributed by atoms with van der Waals surface area (Å²) >= 11 is 5.94. The predicted octanol–water partition coefficient (Wildman–Crippen LogP) is 4.68. The molecule has 0 bridgehead atoms. The molecule has 1 aliphatic rings. The fourth-order valence-electron chi connectivity index (χ4n) is 3.33. The van der Waals surface area contributed by atoms with Crippen LogP contribution in [0, 0.1) is 6.92 Å². The van der Waals surface area contributed by atoms with Crippen molar-refractivity contribution in [3.05, 3.63) is 58.6 Å². The van der Waals surface area contributed by atoms with E-state index >= 15 is 0 Å². The maximum atomic E-state index is 12.9. The number of amides is 2. The maximum absolute atomic E-state index is 12.9. The van der Waals surface area contributed by atoms with Gasteiger partial charge >= 0.3 is 0 Å². The molecule has 0 aliphatic carbocycles. The molecular formula is C22H25ClN2O3. The Balaban J connectivity index is 1.65. The Kier molecular flexibility index (Phi) is 6.93. The van der Waals surface area contributed by atoms with Crippen LogP contribution in [0.3, 0.4) is 0 Å². The summed E-state index contributed by atoms with van der Waals surface area (Å²) in [4.78, 5) is 27.2. The number of anilines is 1. The number of benzene rings is 2. The number of ether oxygens (including phenoxy) is 1. The zero-order valence-corrected chi connectivity index (χ0v) is 16.8. The lowest BCUT2D eigenvalue weighted by Crippen LogP contribution is -2.33. The molecule has 1 aliphatic heterocycles. The minimum absolute atomic E-state index is 0.0349. The van der Waals surface area contributed by atoms with E-state index in [-0.39, 0.29) is 18.4 Å². The number of carbonyl (C=O) groups excluding carboxylic acids is 2. The number of likely N-dealkylation sites (tertiary alicyclic amines) is 1. The van der Waals surface area contributed by atoms with Crippen LogP contribution in [-0.2, 0) is 4.79 Å². The largest absolute Gasteiger partial charge is 0.483 e. The quantitative estimate of drug-likeness (QED) is 0.792. The number of aryl methyl sites for hydroxylation is 1. The Morgan fingerprint density at radius 1 is 1.07 bits per heavy atom. The van der Waals surface area contributed by atoms with Gasteiger partial charge in [-0.3, -0.25) is 9.59 Å². The van der Waals surface area contributed by atoms with Crippen LogP contribution in [0.25, 0.3) is 0 Å². The SMILES string of the molecule is Cc1cc(Cl)ccc1OCC(=O)Nc1ccccc1C(=O)N1CCCCCC1. The van der Waals surface area contributed by atoms with Gasteiger partial charge in [-0.25, -0.2) is 0 Å². The zero-order valence-electron chi connectivity index (χ0n) is 16.0. The third-order valence-electron chi connectivity index (χ3n) is 4.82. The summed E-state index contributed by atoms with van der Waals surface area (Å²) < 4.78 is 5.59. The average molecular weight is 401 g/mol. The molecule has 2 aromatic carbocycles. The van der Waals surface area contributed by atoms with Gasteiger partial charge in [-0.15, -0.1) is 0 Å². The van der Waals surface area contributed by atoms with E-state index in [1.807, 2.05) is 17.9 Å². The zero-order chi connectivity index (χ0) is 19.9. The molecule has 1 fully saturated rings. The first-order chi connectivity index (χ1) is 13.5. The average Bonchev–Trinajstić information content (AvgIpc) is 2.97. The molecule has 0 spiro atoms. The molecule has 3 rings (SSSR count). The van der Waals surface area contributed by atoms with Crippen molar-refractivity contribution in [1.82, 2.24) is 4.90 Å². The molecule has 0 saturated carbocycles. The van der Waals surface area contributed by atoms with Crippen LogP contribution in [0.15, 0.2) is 42.5 Å². The van der Waals surface area contributed by atoms with Crippen LogP contribution in [0.2, 0.25) is 5.02 Å². The summed E-state index contributed by atoms with van der Waals surface area (Å²) in [6, 6.07) is 12.4. The van der Waals surface area contributed by atoms with Gasteiger partial charge in [0.25, 0.3) is 11.8 Å². The van der Waals surface area contributed by atoms with E-state index in [4.69, 9.17) is 16.3 Å². The Bertz CT molecular complexity index is 845. The van der Waals surface area contributed by atoms with E-state index in [1.165, 1.54) is 0 Å². The standard InChI is InChI=1S/C22H25ClN2O3/c1-16-14-17(23)10-11-20(16)28-15-21(26)24-19-9-5-4-8-18(19)22(27)25-12-6-2-3-7-13-25/h4-5,8-11,14H,2-3,6-7,12-13,15H2,1H3,(H,24,26). The lowest BCUT2D eigenvalue weighted by Gasteiger charge is -2.22. The highest BCUT2D eigenvalue weighted by molar-refractivity contribution is 6.30. The highest BCUT2D eigenvalue weighted by Gasteiger charge is 2.20. The number of rotatable bonds is 5. The summed E-state index contributed by atoms with van der Waals surface area (Å²) in [7, 11) is 0. The Hall–Kier alpha value is -2.53. The molecular weight excluding hydrogens is 376 g/mol. The Labute approximate surface area is 170 Å². The Morgan fingerprint density at radius 2 is 1.79 bits per heavy atom. The molecule has 2 amide bonds. The second kappa shape index (κ2) is 9.60. The lowest BCUT2D eigenvalue weighted by molar-refractivity contribution is -0.118. The minimum Gasteiger partial charge on any atom is -0.483 e. The minimum atomic E-state index is -0.314. The molecule has 148 valence electrons. The van der Waals surface area contributed by atoms with Gasteiger partial charge in [0.15, 0.2) is 6.61 Å².